The molecule has 0 atom stereocenters. The molecule has 0 fully saturated rings. The Balaban J connectivity index is 2.96. The van der Waals surface area contributed by atoms with Gasteiger partial charge in [-0.25, -0.2) is 0 Å². The summed E-state index contributed by atoms with van der Waals surface area (Å²) in [5.74, 6) is 0. The summed E-state index contributed by atoms with van der Waals surface area (Å²) in [5, 5.41) is 11.6. The molecule has 0 heterocycles. The van der Waals surface area contributed by atoms with E-state index < -0.39 is 0 Å². The predicted octanol–water partition coefficient (Wildman–Crippen LogP) is 0.551. The van der Waals surface area contributed by atoms with Crippen LogP contribution in [-0.4, -0.2) is 38.0 Å². The van der Waals surface area contributed by atoms with Gasteiger partial charge in [-0.3, -0.25) is 0 Å². The molecular formula is C9H19NO2. The molecule has 2 N–H and O–H groups in total. The molecule has 0 amide bonds. The Morgan fingerprint density at radius 2 is 2.17 bits per heavy atom. The van der Waals surface area contributed by atoms with Gasteiger partial charge in [0.25, 0.3) is 0 Å². The Bertz CT molecular complexity index is 120. The summed E-state index contributed by atoms with van der Waals surface area (Å²) in [6, 6.07) is 0. The van der Waals surface area contributed by atoms with E-state index in [-0.39, 0.29) is 6.61 Å². The minimum atomic E-state index is 0.105. The van der Waals surface area contributed by atoms with E-state index >= 15 is 0 Å². The zero-order valence-corrected chi connectivity index (χ0v) is 7.97. The molecule has 0 aliphatic heterocycles. The van der Waals surface area contributed by atoms with E-state index in [0.717, 1.165) is 13.1 Å². The van der Waals surface area contributed by atoms with E-state index in [0.29, 0.717) is 13.2 Å². The van der Waals surface area contributed by atoms with Gasteiger partial charge in [-0.2, -0.15) is 0 Å². The van der Waals surface area contributed by atoms with Crippen molar-refractivity contribution in [2.24, 2.45) is 0 Å². The van der Waals surface area contributed by atoms with Crippen LogP contribution in [0.4, 0.5) is 0 Å². The van der Waals surface area contributed by atoms with Gasteiger partial charge >= 0.3 is 0 Å². The number of rotatable bonds is 7. The highest BCUT2D eigenvalue weighted by Crippen LogP contribution is 1.84. The summed E-state index contributed by atoms with van der Waals surface area (Å²) in [4.78, 5) is 0. The number of aliphatic hydroxyl groups excluding tert-OH is 1. The first-order valence-corrected chi connectivity index (χ1v) is 4.30. The molecule has 0 rings (SSSR count). The Kier molecular flexibility index (Phi) is 8.44. The molecule has 3 nitrogen and oxygen atoms in total. The highest BCUT2D eigenvalue weighted by atomic mass is 16.5. The molecule has 0 radical (unpaired) electrons. The zero-order chi connectivity index (χ0) is 9.23. The molecule has 0 unspecified atom stereocenters. The second-order valence-corrected chi connectivity index (χ2v) is 2.82. The first-order valence-electron chi connectivity index (χ1n) is 4.30. The fourth-order valence-corrected chi connectivity index (χ4v) is 0.689. The van der Waals surface area contributed by atoms with Crippen LogP contribution >= 0.6 is 0 Å². The van der Waals surface area contributed by atoms with Crippen LogP contribution in [0.2, 0.25) is 0 Å². The highest BCUT2D eigenvalue weighted by molar-refractivity contribution is 4.94. The maximum atomic E-state index is 8.39. The third-order valence-electron chi connectivity index (χ3n) is 1.31. The van der Waals surface area contributed by atoms with Crippen molar-refractivity contribution >= 4 is 0 Å². The van der Waals surface area contributed by atoms with Gasteiger partial charge in [0.2, 0.25) is 0 Å². The second-order valence-electron chi connectivity index (χ2n) is 2.82. The van der Waals surface area contributed by atoms with Crippen LogP contribution in [0.25, 0.3) is 0 Å². The van der Waals surface area contributed by atoms with Gasteiger partial charge < -0.3 is 15.2 Å². The van der Waals surface area contributed by atoms with Crippen molar-refractivity contribution in [1.82, 2.24) is 5.32 Å². The van der Waals surface area contributed by atoms with Gasteiger partial charge in [0.15, 0.2) is 0 Å². The molecule has 0 bridgehead atoms. The van der Waals surface area contributed by atoms with Crippen molar-refractivity contribution in [2.45, 2.75) is 13.8 Å². The summed E-state index contributed by atoms with van der Waals surface area (Å²) < 4.78 is 5.06. The third-order valence-corrected chi connectivity index (χ3v) is 1.31. The molecule has 0 spiro atoms. The Morgan fingerprint density at radius 3 is 2.75 bits per heavy atom. The van der Waals surface area contributed by atoms with Crippen LogP contribution in [0.3, 0.4) is 0 Å². The minimum Gasteiger partial charge on any atom is -0.394 e. The van der Waals surface area contributed by atoms with Gasteiger partial charge in [-0.1, -0.05) is 11.6 Å². The zero-order valence-electron chi connectivity index (χ0n) is 7.97. The molecule has 0 aromatic carbocycles. The largest absolute Gasteiger partial charge is 0.394 e. The molecule has 3 heteroatoms. The molecule has 0 aliphatic rings. The number of allylic oxidation sites excluding steroid dienone is 1. The lowest BCUT2D eigenvalue weighted by atomic mass is 10.3. The van der Waals surface area contributed by atoms with Gasteiger partial charge in [0.1, 0.15) is 0 Å². The smallest absolute Gasteiger partial charge is 0.0698 e. The minimum absolute atomic E-state index is 0.105. The summed E-state index contributed by atoms with van der Waals surface area (Å²) in [7, 11) is 0. The van der Waals surface area contributed by atoms with Crippen molar-refractivity contribution in [1.29, 1.82) is 0 Å². The molecule has 0 saturated carbocycles. The van der Waals surface area contributed by atoms with Crippen molar-refractivity contribution in [2.75, 3.05) is 32.9 Å². The fraction of sp³-hybridized carbons (Fsp3) is 0.778. The summed E-state index contributed by atoms with van der Waals surface area (Å²) in [6.45, 7) is 7.08. The van der Waals surface area contributed by atoms with Crippen molar-refractivity contribution in [3.63, 3.8) is 0 Å². The quantitative estimate of drug-likeness (QED) is 0.436. The van der Waals surface area contributed by atoms with E-state index in [4.69, 9.17) is 9.84 Å². The molecule has 12 heavy (non-hydrogen) atoms. The Morgan fingerprint density at radius 1 is 1.42 bits per heavy atom. The van der Waals surface area contributed by atoms with Crippen molar-refractivity contribution in [3.8, 4) is 0 Å². The Labute approximate surface area is 74.4 Å². The summed E-state index contributed by atoms with van der Waals surface area (Å²) in [5.41, 5.74) is 1.32. The van der Waals surface area contributed by atoms with Crippen molar-refractivity contribution in [3.05, 3.63) is 11.6 Å². The first kappa shape index (κ1) is 11.6. The van der Waals surface area contributed by atoms with Crippen LogP contribution in [0, 0.1) is 0 Å². The SMILES string of the molecule is CC(C)=CCNCCOCCO. The number of ether oxygens (including phenoxy) is 1. The lowest BCUT2D eigenvalue weighted by Crippen LogP contribution is -2.20. The average Bonchev–Trinajstić information content (AvgIpc) is 2.02. The normalized spacial score (nSPS) is 9.92. The molecule has 72 valence electrons. The average molecular weight is 173 g/mol. The number of hydrogen-bond acceptors (Lipinski definition) is 3. The van der Waals surface area contributed by atoms with Gasteiger partial charge in [-0.05, 0) is 13.8 Å². The van der Waals surface area contributed by atoms with Crippen LogP contribution in [0.5, 0.6) is 0 Å². The van der Waals surface area contributed by atoms with Gasteiger partial charge in [0, 0.05) is 13.1 Å². The van der Waals surface area contributed by atoms with Crippen LogP contribution in [0.15, 0.2) is 11.6 Å². The van der Waals surface area contributed by atoms with E-state index in [1.807, 2.05) is 0 Å². The lowest BCUT2D eigenvalue weighted by Gasteiger charge is -2.02. The molecule has 0 aromatic heterocycles. The second kappa shape index (κ2) is 8.71. The van der Waals surface area contributed by atoms with Crippen LogP contribution in [0.1, 0.15) is 13.8 Å². The van der Waals surface area contributed by atoms with Crippen LogP contribution in [-0.2, 0) is 4.74 Å². The number of hydrogen-bond donors (Lipinski definition) is 2. The van der Waals surface area contributed by atoms with E-state index in [1.165, 1.54) is 5.57 Å². The van der Waals surface area contributed by atoms with Gasteiger partial charge in [-0.15, -0.1) is 0 Å². The maximum absolute atomic E-state index is 8.39. The third kappa shape index (κ3) is 9.62. The summed E-state index contributed by atoms with van der Waals surface area (Å²) in [6.07, 6.45) is 2.13. The Hall–Kier alpha value is -0.380. The predicted molar refractivity (Wildman–Crippen MR) is 50.2 cm³/mol. The standard InChI is InChI=1S/C9H19NO2/c1-9(2)3-4-10-5-7-12-8-6-11/h3,10-11H,4-8H2,1-2H3. The lowest BCUT2D eigenvalue weighted by molar-refractivity contribution is 0.0943. The topological polar surface area (TPSA) is 41.5 Å². The van der Waals surface area contributed by atoms with E-state index in [1.54, 1.807) is 0 Å². The van der Waals surface area contributed by atoms with Crippen molar-refractivity contribution < 1.29 is 9.84 Å². The van der Waals surface area contributed by atoms with Crippen LogP contribution < -0.4 is 5.32 Å². The number of nitrogens with one attached hydrogen (secondary N) is 1. The highest BCUT2D eigenvalue weighted by Gasteiger charge is 1.85. The van der Waals surface area contributed by atoms with E-state index in [2.05, 4.69) is 25.2 Å². The molecule has 0 aromatic rings. The molecule has 0 aliphatic carbocycles. The monoisotopic (exact) mass is 173 g/mol. The maximum Gasteiger partial charge on any atom is 0.0698 e. The molecule has 0 saturated heterocycles. The molecular weight excluding hydrogens is 154 g/mol. The van der Waals surface area contributed by atoms with Gasteiger partial charge in [0.05, 0.1) is 19.8 Å². The first-order chi connectivity index (χ1) is 5.77. The number of aliphatic hydroxyl groups is 1. The summed E-state index contributed by atoms with van der Waals surface area (Å²) >= 11 is 0. The fourth-order valence-electron chi connectivity index (χ4n) is 0.689. The van der Waals surface area contributed by atoms with E-state index in [9.17, 15) is 0 Å².